The Labute approximate surface area is 171 Å². The molecule has 0 spiro atoms. The van der Waals surface area contributed by atoms with Gasteiger partial charge in [0, 0.05) is 41.4 Å². The van der Waals surface area contributed by atoms with Gasteiger partial charge in [-0.3, -0.25) is 9.36 Å². The van der Waals surface area contributed by atoms with Gasteiger partial charge in [0.1, 0.15) is 6.04 Å². The second-order valence-electron chi connectivity index (χ2n) is 6.66. The van der Waals surface area contributed by atoms with Gasteiger partial charge < -0.3 is 9.84 Å². The van der Waals surface area contributed by atoms with E-state index >= 15 is 0 Å². The van der Waals surface area contributed by atoms with Crippen molar-refractivity contribution in [3.63, 3.8) is 0 Å². The van der Waals surface area contributed by atoms with Crippen LogP contribution >= 0.6 is 23.2 Å². The van der Waals surface area contributed by atoms with Crippen LogP contribution in [-0.4, -0.2) is 28.4 Å². The van der Waals surface area contributed by atoms with E-state index in [4.69, 9.17) is 27.9 Å². The molecule has 8 heteroatoms. The molecule has 1 saturated heterocycles. The number of carbonyl (C=O) groups is 1. The van der Waals surface area contributed by atoms with Crippen molar-refractivity contribution < 1.29 is 14.6 Å². The standard InChI is InChI=1S/C20H18Cl2N2O4/c21-13-5-4-12(10-23)15(7-13)16-9-19(25)24(11-17(16)22)18(20(26)27)8-14-3-1-2-6-28-14/h4-5,7,9,11,14,18H,1-3,6,8H2,(H,26,27)/t14-,18?/m0/s1. The molecule has 1 N–H and O–H groups in total. The number of nitrogens with zero attached hydrogens (tertiary/aromatic N) is 2. The van der Waals surface area contributed by atoms with Gasteiger partial charge >= 0.3 is 5.97 Å². The zero-order valence-corrected chi connectivity index (χ0v) is 16.4. The first-order valence-corrected chi connectivity index (χ1v) is 9.62. The van der Waals surface area contributed by atoms with Crippen molar-refractivity contribution in [1.82, 2.24) is 4.57 Å². The molecule has 1 aromatic carbocycles. The number of halogens is 2. The molecule has 2 aromatic rings. The summed E-state index contributed by atoms with van der Waals surface area (Å²) in [7, 11) is 0. The first kappa shape index (κ1) is 20.4. The largest absolute Gasteiger partial charge is 0.480 e. The molecule has 146 valence electrons. The van der Waals surface area contributed by atoms with E-state index < -0.39 is 17.6 Å². The molecule has 2 heterocycles. The van der Waals surface area contributed by atoms with Crippen LogP contribution in [0.25, 0.3) is 11.1 Å². The topological polar surface area (TPSA) is 92.3 Å². The van der Waals surface area contributed by atoms with Crippen LogP contribution < -0.4 is 5.56 Å². The Kier molecular flexibility index (Phi) is 6.40. The average molecular weight is 421 g/mol. The lowest BCUT2D eigenvalue weighted by Crippen LogP contribution is -2.33. The van der Waals surface area contributed by atoms with Gasteiger partial charge in [0.25, 0.3) is 5.56 Å². The fourth-order valence-electron chi connectivity index (χ4n) is 3.38. The minimum atomic E-state index is -1.12. The molecule has 28 heavy (non-hydrogen) atoms. The van der Waals surface area contributed by atoms with Crippen molar-refractivity contribution in [3.05, 3.63) is 56.4 Å². The summed E-state index contributed by atoms with van der Waals surface area (Å²) in [5.74, 6) is -1.12. The lowest BCUT2D eigenvalue weighted by Gasteiger charge is -2.26. The number of pyridine rings is 1. The van der Waals surface area contributed by atoms with E-state index in [-0.39, 0.29) is 17.5 Å². The third kappa shape index (κ3) is 4.39. The highest BCUT2D eigenvalue weighted by Crippen LogP contribution is 2.32. The number of carboxylic acids is 1. The van der Waals surface area contributed by atoms with Gasteiger partial charge in [0.05, 0.1) is 22.8 Å². The predicted molar refractivity (Wildman–Crippen MR) is 106 cm³/mol. The number of ether oxygens (including phenoxy) is 1. The molecule has 3 rings (SSSR count). The number of aliphatic carboxylic acids is 1. The highest BCUT2D eigenvalue weighted by atomic mass is 35.5. The molecular formula is C20H18Cl2N2O4. The molecule has 0 bridgehead atoms. The van der Waals surface area contributed by atoms with E-state index in [0.717, 1.165) is 23.8 Å². The van der Waals surface area contributed by atoms with E-state index in [2.05, 4.69) is 0 Å². The van der Waals surface area contributed by atoms with Crippen molar-refractivity contribution in [2.24, 2.45) is 0 Å². The first-order chi connectivity index (χ1) is 13.4. The minimum absolute atomic E-state index is 0.161. The molecule has 2 atom stereocenters. The summed E-state index contributed by atoms with van der Waals surface area (Å²) >= 11 is 12.4. The number of benzene rings is 1. The fourth-order valence-corrected chi connectivity index (χ4v) is 3.82. The van der Waals surface area contributed by atoms with E-state index in [1.165, 1.54) is 12.3 Å². The Morgan fingerprint density at radius 2 is 2.11 bits per heavy atom. The van der Waals surface area contributed by atoms with E-state index in [1.807, 2.05) is 6.07 Å². The number of aromatic nitrogens is 1. The summed E-state index contributed by atoms with van der Waals surface area (Å²) in [4.78, 5) is 24.5. The van der Waals surface area contributed by atoms with Gasteiger partial charge in [0.15, 0.2) is 0 Å². The highest BCUT2D eigenvalue weighted by Gasteiger charge is 2.27. The maximum atomic E-state index is 12.7. The SMILES string of the molecule is N#Cc1ccc(Cl)cc1-c1cc(=O)n(C(C[C@@H]2CCCCO2)C(=O)O)cc1Cl. The molecular weight excluding hydrogens is 403 g/mol. The third-order valence-electron chi connectivity index (χ3n) is 4.81. The van der Waals surface area contributed by atoms with Crippen molar-refractivity contribution in [1.29, 1.82) is 5.26 Å². The summed E-state index contributed by atoms with van der Waals surface area (Å²) in [6.07, 6.45) is 3.97. The normalized spacial score (nSPS) is 17.7. The van der Waals surface area contributed by atoms with Crippen molar-refractivity contribution in [3.8, 4) is 17.2 Å². The fraction of sp³-hybridized carbons (Fsp3) is 0.350. The highest BCUT2D eigenvalue weighted by molar-refractivity contribution is 6.33. The molecule has 1 aromatic heterocycles. The number of rotatable bonds is 5. The van der Waals surface area contributed by atoms with Crippen molar-refractivity contribution in [2.45, 2.75) is 37.8 Å². The molecule has 1 fully saturated rings. The zero-order valence-electron chi connectivity index (χ0n) is 14.9. The summed E-state index contributed by atoms with van der Waals surface area (Å²) in [5.41, 5.74) is 0.548. The number of hydrogen-bond acceptors (Lipinski definition) is 4. The van der Waals surface area contributed by atoms with Crippen LogP contribution in [0.5, 0.6) is 0 Å². The number of carboxylic acid groups (broad SMARTS) is 1. The van der Waals surface area contributed by atoms with Crippen molar-refractivity contribution in [2.75, 3.05) is 6.61 Å². The molecule has 1 aliphatic rings. The molecule has 0 radical (unpaired) electrons. The quantitative estimate of drug-likeness (QED) is 0.778. The van der Waals surface area contributed by atoms with Crippen LogP contribution in [-0.2, 0) is 9.53 Å². The Morgan fingerprint density at radius 1 is 1.32 bits per heavy atom. The van der Waals surface area contributed by atoms with Crippen LogP contribution in [0.4, 0.5) is 0 Å². The monoisotopic (exact) mass is 420 g/mol. The summed E-state index contributed by atoms with van der Waals surface area (Å²) in [6.45, 7) is 0.595. The zero-order chi connectivity index (χ0) is 20.3. The maximum absolute atomic E-state index is 12.7. The smallest absolute Gasteiger partial charge is 0.326 e. The third-order valence-corrected chi connectivity index (χ3v) is 5.34. The summed E-state index contributed by atoms with van der Waals surface area (Å²) in [6, 6.07) is 6.86. The number of nitriles is 1. The van der Waals surface area contributed by atoms with Crippen LogP contribution in [0.2, 0.25) is 10.0 Å². The predicted octanol–water partition coefficient (Wildman–Crippen LogP) is 4.28. The van der Waals surface area contributed by atoms with Gasteiger partial charge in [-0.1, -0.05) is 23.2 Å². The minimum Gasteiger partial charge on any atom is -0.480 e. The Hall–Kier alpha value is -2.33. The van der Waals surface area contributed by atoms with Crippen molar-refractivity contribution >= 4 is 29.2 Å². The average Bonchev–Trinajstić information content (AvgIpc) is 2.68. The molecule has 6 nitrogen and oxygen atoms in total. The van der Waals surface area contributed by atoms with E-state index in [0.29, 0.717) is 28.3 Å². The lowest BCUT2D eigenvalue weighted by molar-refractivity contribution is -0.142. The second kappa shape index (κ2) is 8.78. The Morgan fingerprint density at radius 3 is 2.75 bits per heavy atom. The second-order valence-corrected chi connectivity index (χ2v) is 7.50. The Bertz CT molecular complexity index is 991. The summed E-state index contributed by atoms with van der Waals surface area (Å²) in [5, 5.41) is 19.5. The molecule has 1 aliphatic heterocycles. The van der Waals surface area contributed by atoms with E-state index in [9.17, 15) is 20.0 Å². The Balaban J connectivity index is 2.01. The van der Waals surface area contributed by atoms with Crippen LogP contribution in [0, 0.1) is 11.3 Å². The van der Waals surface area contributed by atoms with Crippen LogP contribution in [0.1, 0.15) is 37.3 Å². The number of hydrogen-bond donors (Lipinski definition) is 1. The van der Waals surface area contributed by atoms with Gasteiger partial charge in [-0.2, -0.15) is 5.26 Å². The van der Waals surface area contributed by atoms with Gasteiger partial charge in [0.2, 0.25) is 0 Å². The van der Waals surface area contributed by atoms with Gasteiger partial charge in [-0.25, -0.2) is 4.79 Å². The lowest BCUT2D eigenvalue weighted by atomic mass is 10.00. The summed E-state index contributed by atoms with van der Waals surface area (Å²) < 4.78 is 6.74. The van der Waals surface area contributed by atoms with Crippen LogP contribution in [0.15, 0.2) is 35.3 Å². The molecule has 0 amide bonds. The first-order valence-electron chi connectivity index (χ1n) is 8.87. The van der Waals surface area contributed by atoms with E-state index in [1.54, 1.807) is 18.2 Å². The van der Waals surface area contributed by atoms with Crippen LogP contribution in [0.3, 0.4) is 0 Å². The van der Waals surface area contributed by atoms with Gasteiger partial charge in [-0.05, 0) is 37.5 Å². The molecule has 0 saturated carbocycles. The van der Waals surface area contributed by atoms with Gasteiger partial charge in [-0.15, -0.1) is 0 Å². The molecule has 0 aliphatic carbocycles. The maximum Gasteiger partial charge on any atom is 0.326 e. The molecule has 1 unspecified atom stereocenters.